The molecule has 0 saturated carbocycles. The first kappa shape index (κ1) is 7.91. The lowest BCUT2D eigenvalue weighted by Crippen LogP contribution is -2.28. The van der Waals surface area contributed by atoms with Gasteiger partial charge in [0.25, 0.3) is 0 Å². The molecule has 1 aromatic heterocycles. The average Bonchev–Trinajstić information content (AvgIpc) is 2.60. The first-order chi connectivity index (χ1) is 6.75. The molecule has 1 aromatic rings. The number of nitrogens with two attached hydrogens (primary N) is 1. The van der Waals surface area contributed by atoms with Crippen LogP contribution in [0.15, 0.2) is 5.70 Å². The third kappa shape index (κ3) is 0.908. The average molecular weight is 190 g/mol. The van der Waals surface area contributed by atoms with Crippen molar-refractivity contribution < 1.29 is 0 Å². The van der Waals surface area contributed by atoms with Gasteiger partial charge >= 0.3 is 0 Å². The van der Waals surface area contributed by atoms with Gasteiger partial charge in [-0.1, -0.05) is 0 Å². The number of rotatable bonds is 0. The Labute approximate surface area is 83.0 Å². The van der Waals surface area contributed by atoms with Crippen LogP contribution in [0.3, 0.4) is 0 Å². The summed E-state index contributed by atoms with van der Waals surface area (Å²) in [5, 5.41) is 0. The van der Waals surface area contributed by atoms with Crippen molar-refractivity contribution in [2.75, 3.05) is 18.5 Å². The Morgan fingerprint density at radius 1 is 1.50 bits per heavy atom. The van der Waals surface area contributed by atoms with Crippen molar-refractivity contribution in [1.82, 2.24) is 9.55 Å². The van der Waals surface area contributed by atoms with Crippen LogP contribution in [0.25, 0.3) is 6.08 Å². The number of aromatic nitrogens is 2. The SMILES string of the molecule is CN1CC(N)=Cc2nc3n(c21)CCC3. The van der Waals surface area contributed by atoms with Crippen LogP contribution in [-0.2, 0) is 13.0 Å². The quantitative estimate of drug-likeness (QED) is 0.651. The van der Waals surface area contributed by atoms with E-state index in [-0.39, 0.29) is 0 Å². The number of aryl methyl sites for hydroxylation is 1. The lowest BCUT2D eigenvalue weighted by Gasteiger charge is -2.24. The second-order valence-electron chi connectivity index (χ2n) is 4.07. The van der Waals surface area contributed by atoms with Crippen molar-refractivity contribution in [2.45, 2.75) is 19.4 Å². The van der Waals surface area contributed by atoms with Crippen molar-refractivity contribution >= 4 is 11.9 Å². The maximum absolute atomic E-state index is 5.83. The van der Waals surface area contributed by atoms with E-state index in [4.69, 9.17) is 5.73 Å². The van der Waals surface area contributed by atoms with Gasteiger partial charge in [0.15, 0.2) is 0 Å². The van der Waals surface area contributed by atoms with E-state index in [2.05, 4.69) is 21.5 Å². The van der Waals surface area contributed by atoms with Crippen molar-refractivity contribution in [3.8, 4) is 0 Å². The maximum Gasteiger partial charge on any atom is 0.136 e. The molecule has 0 saturated heterocycles. The fourth-order valence-corrected chi connectivity index (χ4v) is 2.40. The third-order valence-corrected chi connectivity index (χ3v) is 2.93. The molecular formula is C10H14N4. The Morgan fingerprint density at radius 3 is 3.21 bits per heavy atom. The number of fused-ring (bicyclic) bond motifs is 3. The summed E-state index contributed by atoms with van der Waals surface area (Å²) in [6.45, 7) is 1.92. The number of imidazole rings is 1. The van der Waals surface area contributed by atoms with Crippen molar-refractivity contribution in [2.24, 2.45) is 5.73 Å². The van der Waals surface area contributed by atoms with Gasteiger partial charge in [-0.15, -0.1) is 0 Å². The lowest BCUT2D eigenvalue weighted by atomic mass is 10.2. The molecule has 0 amide bonds. The molecule has 0 atom stereocenters. The van der Waals surface area contributed by atoms with Crippen LogP contribution in [0.5, 0.6) is 0 Å². The third-order valence-electron chi connectivity index (χ3n) is 2.93. The fourth-order valence-electron chi connectivity index (χ4n) is 2.40. The standard InChI is InChI=1S/C10H14N4/c1-13-6-7(11)5-8-10(13)14-4-2-3-9(14)12-8/h5H,2-4,6,11H2,1H3. The summed E-state index contributed by atoms with van der Waals surface area (Å²) in [7, 11) is 2.08. The number of hydrogen-bond donors (Lipinski definition) is 1. The summed E-state index contributed by atoms with van der Waals surface area (Å²) in [4.78, 5) is 6.78. The Hall–Kier alpha value is -1.45. The highest BCUT2D eigenvalue weighted by molar-refractivity contribution is 5.68. The zero-order chi connectivity index (χ0) is 9.71. The Bertz CT molecular complexity index is 416. The molecule has 0 fully saturated rings. The van der Waals surface area contributed by atoms with Gasteiger partial charge in [-0.05, 0) is 12.5 Å². The summed E-state index contributed by atoms with van der Waals surface area (Å²) in [6.07, 6.45) is 4.33. The highest BCUT2D eigenvalue weighted by Crippen LogP contribution is 2.30. The molecule has 3 heterocycles. The van der Waals surface area contributed by atoms with Crippen LogP contribution in [-0.4, -0.2) is 23.1 Å². The van der Waals surface area contributed by atoms with E-state index < -0.39 is 0 Å². The van der Waals surface area contributed by atoms with Crippen LogP contribution in [0.2, 0.25) is 0 Å². The predicted molar refractivity (Wildman–Crippen MR) is 56.0 cm³/mol. The minimum atomic E-state index is 0.818. The van der Waals surface area contributed by atoms with E-state index in [9.17, 15) is 0 Å². The van der Waals surface area contributed by atoms with Crippen molar-refractivity contribution in [1.29, 1.82) is 0 Å². The summed E-state index contributed by atoms with van der Waals surface area (Å²) in [6, 6.07) is 0. The van der Waals surface area contributed by atoms with Gasteiger partial charge in [0.2, 0.25) is 0 Å². The smallest absolute Gasteiger partial charge is 0.136 e. The van der Waals surface area contributed by atoms with E-state index >= 15 is 0 Å². The van der Waals surface area contributed by atoms with Crippen molar-refractivity contribution in [3.63, 3.8) is 0 Å². The molecular weight excluding hydrogens is 176 g/mol. The molecule has 0 spiro atoms. The van der Waals surface area contributed by atoms with Crippen molar-refractivity contribution in [3.05, 3.63) is 17.2 Å². The Balaban J connectivity index is 2.20. The maximum atomic E-state index is 5.83. The molecule has 0 aliphatic carbocycles. The summed E-state index contributed by atoms with van der Waals surface area (Å²) < 4.78 is 2.32. The summed E-state index contributed by atoms with van der Waals surface area (Å²) in [5.41, 5.74) is 7.78. The first-order valence-electron chi connectivity index (χ1n) is 5.02. The number of likely N-dealkylation sites (N-methyl/N-ethyl adjacent to an activating group) is 1. The zero-order valence-electron chi connectivity index (χ0n) is 8.32. The normalized spacial score (nSPS) is 19.2. The number of anilines is 1. The fraction of sp³-hybridized carbons (Fsp3) is 0.500. The summed E-state index contributed by atoms with van der Waals surface area (Å²) in [5.74, 6) is 2.46. The monoisotopic (exact) mass is 190 g/mol. The number of nitrogens with zero attached hydrogens (tertiary/aromatic N) is 3. The largest absolute Gasteiger partial charge is 0.401 e. The molecule has 2 aliphatic rings. The van der Waals surface area contributed by atoms with E-state index in [1.54, 1.807) is 0 Å². The molecule has 3 rings (SSSR count). The second-order valence-corrected chi connectivity index (χ2v) is 4.07. The van der Waals surface area contributed by atoms with Gasteiger partial charge in [-0.25, -0.2) is 4.98 Å². The highest BCUT2D eigenvalue weighted by atomic mass is 15.3. The molecule has 74 valence electrons. The van der Waals surface area contributed by atoms with E-state index in [1.165, 1.54) is 18.1 Å². The first-order valence-corrected chi connectivity index (χ1v) is 5.02. The van der Waals surface area contributed by atoms with E-state index in [0.29, 0.717) is 0 Å². The molecule has 0 aromatic carbocycles. The molecule has 0 bridgehead atoms. The predicted octanol–water partition coefficient (Wildman–Crippen LogP) is 0.579. The second kappa shape index (κ2) is 2.53. The molecule has 2 aliphatic heterocycles. The van der Waals surface area contributed by atoms with E-state index in [0.717, 1.165) is 30.9 Å². The Kier molecular flexibility index (Phi) is 1.43. The molecule has 2 N–H and O–H groups in total. The van der Waals surface area contributed by atoms with Crippen LogP contribution in [0.4, 0.5) is 5.82 Å². The van der Waals surface area contributed by atoms with Gasteiger partial charge in [-0.2, -0.15) is 0 Å². The minimum absolute atomic E-state index is 0.818. The molecule has 0 unspecified atom stereocenters. The van der Waals surface area contributed by atoms with Crippen LogP contribution in [0, 0.1) is 0 Å². The van der Waals surface area contributed by atoms with Crippen LogP contribution < -0.4 is 10.6 Å². The summed E-state index contributed by atoms with van der Waals surface area (Å²) >= 11 is 0. The molecule has 4 heteroatoms. The molecule has 4 nitrogen and oxygen atoms in total. The lowest BCUT2D eigenvalue weighted by molar-refractivity contribution is 0.730. The van der Waals surface area contributed by atoms with Gasteiger partial charge in [0, 0.05) is 25.7 Å². The van der Waals surface area contributed by atoms with E-state index in [1.807, 2.05) is 6.08 Å². The zero-order valence-corrected chi connectivity index (χ0v) is 8.32. The Morgan fingerprint density at radius 2 is 2.36 bits per heavy atom. The molecule has 0 radical (unpaired) electrons. The van der Waals surface area contributed by atoms with Gasteiger partial charge in [-0.3, -0.25) is 0 Å². The minimum Gasteiger partial charge on any atom is -0.401 e. The topological polar surface area (TPSA) is 47.1 Å². The number of hydrogen-bond acceptors (Lipinski definition) is 3. The van der Waals surface area contributed by atoms with Gasteiger partial charge < -0.3 is 15.2 Å². The highest BCUT2D eigenvalue weighted by Gasteiger charge is 2.25. The van der Waals surface area contributed by atoms with Crippen LogP contribution in [0.1, 0.15) is 17.9 Å². The van der Waals surface area contributed by atoms with Crippen LogP contribution >= 0.6 is 0 Å². The van der Waals surface area contributed by atoms with Gasteiger partial charge in [0.1, 0.15) is 17.3 Å². The van der Waals surface area contributed by atoms with Gasteiger partial charge in [0.05, 0.1) is 6.54 Å². The molecule has 14 heavy (non-hydrogen) atoms.